The predicted octanol–water partition coefficient (Wildman–Crippen LogP) is 9.53. The molecule has 0 unspecified atom stereocenters. The first-order valence-corrected chi connectivity index (χ1v) is 15.2. The van der Waals surface area contributed by atoms with Gasteiger partial charge < -0.3 is 0 Å². The van der Waals surface area contributed by atoms with Crippen LogP contribution in [0.5, 0.6) is 0 Å². The van der Waals surface area contributed by atoms with Crippen molar-refractivity contribution in [2.24, 2.45) is 11.8 Å². The van der Waals surface area contributed by atoms with Gasteiger partial charge in [-0.15, -0.1) is 0 Å². The minimum Gasteiger partial charge on any atom is -0.206 e. The molecule has 0 atom stereocenters. The molecule has 0 nitrogen and oxygen atoms in total. The zero-order valence-electron chi connectivity index (χ0n) is 20.0. The molecule has 179 valence electrons. The van der Waals surface area contributed by atoms with E-state index in [0.717, 1.165) is 42.4 Å². The number of rotatable bonds is 8. The van der Waals surface area contributed by atoms with E-state index in [-0.39, 0.29) is 14.6 Å². The summed E-state index contributed by atoms with van der Waals surface area (Å²) in [6.45, 7) is 2.31. The zero-order chi connectivity index (χ0) is 23.2. The Morgan fingerprint density at radius 1 is 0.758 bits per heavy atom. The van der Waals surface area contributed by atoms with Gasteiger partial charge in [0.1, 0.15) is 5.82 Å². The summed E-state index contributed by atoms with van der Waals surface area (Å²) in [4.78, 5) is 0. The fourth-order valence-corrected chi connectivity index (χ4v) is 9.23. The number of benzene rings is 2. The molecule has 1 aliphatic heterocycles. The second-order valence-electron chi connectivity index (χ2n) is 10.5. The Kier molecular flexibility index (Phi) is 8.73. The van der Waals surface area contributed by atoms with Crippen molar-refractivity contribution in [3.05, 3.63) is 59.4 Å². The van der Waals surface area contributed by atoms with Gasteiger partial charge in [0.25, 0.3) is 0 Å². The fourth-order valence-electron chi connectivity index (χ4n) is 5.99. The van der Waals surface area contributed by atoms with Crippen molar-refractivity contribution < 1.29 is 13.2 Å². The molecule has 0 bridgehead atoms. The Morgan fingerprint density at radius 3 is 2.09 bits per heavy atom. The van der Waals surface area contributed by atoms with Crippen LogP contribution in [0.3, 0.4) is 0 Å². The molecular formula is C29H38F3Si. The number of hydrogen-bond acceptors (Lipinski definition) is 0. The molecule has 2 aromatic rings. The van der Waals surface area contributed by atoms with Gasteiger partial charge >= 0.3 is 0 Å². The first-order valence-electron chi connectivity index (χ1n) is 13.1. The Bertz CT molecular complexity index is 896. The second-order valence-corrected chi connectivity index (χ2v) is 13.5. The summed E-state index contributed by atoms with van der Waals surface area (Å²) in [5.74, 6) is 0.00948. The van der Waals surface area contributed by atoms with Gasteiger partial charge in [-0.25, -0.2) is 13.2 Å². The maximum atomic E-state index is 14.8. The van der Waals surface area contributed by atoms with Crippen LogP contribution in [0.4, 0.5) is 13.2 Å². The normalized spacial score (nSPS) is 22.5. The molecule has 2 aliphatic rings. The summed E-state index contributed by atoms with van der Waals surface area (Å²) in [7, 11) is -0.0170. The SMILES string of the molecule is CCCC[Si]1CCC(CCC2CCC(c3ccc(-c4ccc(F)c(F)c4)c(F)c3)CC2)CC1. The van der Waals surface area contributed by atoms with Crippen molar-refractivity contribution in [1.29, 1.82) is 0 Å². The van der Waals surface area contributed by atoms with E-state index in [9.17, 15) is 13.2 Å². The lowest BCUT2D eigenvalue weighted by atomic mass is 9.76. The van der Waals surface area contributed by atoms with Crippen molar-refractivity contribution in [3.63, 3.8) is 0 Å². The molecule has 1 aliphatic carbocycles. The van der Waals surface area contributed by atoms with E-state index in [1.54, 1.807) is 30.3 Å². The van der Waals surface area contributed by atoms with Gasteiger partial charge in [-0.2, -0.15) is 0 Å². The molecule has 1 radical (unpaired) electrons. The van der Waals surface area contributed by atoms with Crippen molar-refractivity contribution in [2.75, 3.05) is 0 Å². The quantitative estimate of drug-likeness (QED) is 0.336. The Balaban J connectivity index is 1.24. The third-order valence-electron chi connectivity index (χ3n) is 8.22. The maximum Gasteiger partial charge on any atom is 0.159 e. The summed E-state index contributed by atoms with van der Waals surface area (Å²) in [6, 6.07) is 13.5. The van der Waals surface area contributed by atoms with Gasteiger partial charge in [0.15, 0.2) is 11.6 Å². The zero-order valence-corrected chi connectivity index (χ0v) is 21.0. The second kappa shape index (κ2) is 11.7. The van der Waals surface area contributed by atoms with Gasteiger partial charge in [-0.1, -0.05) is 81.8 Å². The smallest absolute Gasteiger partial charge is 0.159 e. The molecule has 2 fully saturated rings. The third kappa shape index (κ3) is 6.53. The Labute approximate surface area is 199 Å². The molecule has 1 saturated heterocycles. The number of unbranched alkanes of at least 4 members (excludes halogenated alkanes) is 1. The highest BCUT2D eigenvalue weighted by Crippen LogP contribution is 2.40. The molecule has 4 heteroatoms. The maximum absolute atomic E-state index is 14.8. The van der Waals surface area contributed by atoms with Crippen LogP contribution in [0.2, 0.25) is 18.1 Å². The lowest BCUT2D eigenvalue weighted by molar-refractivity contribution is 0.280. The highest BCUT2D eigenvalue weighted by atomic mass is 28.3. The van der Waals surface area contributed by atoms with E-state index in [1.807, 2.05) is 6.07 Å². The van der Waals surface area contributed by atoms with Crippen molar-refractivity contribution in [3.8, 4) is 11.1 Å². The van der Waals surface area contributed by atoms with E-state index < -0.39 is 11.6 Å². The lowest BCUT2D eigenvalue weighted by Gasteiger charge is -2.32. The molecule has 0 amide bonds. The molecular weight excluding hydrogens is 433 g/mol. The largest absolute Gasteiger partial charge is 0.206 e. The van der Waals surface area contributed by atoms with Gasteiger partial charge in [-0.3, -0.25) is 0 Å². The van der Waals surface area contributed by atoms with Crippen LogP contribution >= 0.6 is 0 Å². The molecule has 1 heterocycles. The Hall–Kier alpha value is -1.55. The summed E-state index contributed by atoms with van der Waals surface area (Å²) in [5.41, 5.74) is 1.76. The third-order valence-corrected chi connectivity index (χ3v) is 11.3. The summed E-state index contributed by atoms with van der Waals surface area (Å²) in [5, 5.41) is 0. The summed E-state index contributed by atoms with van der Waals surface area (Å²) in [6.07, 6.45) is 13.3. The van der Waals surface area contributed by atoms with E-state index in [4.69, 9.17) is 0 Å². The van der Waals surface area contributed by atoms with Crippen LogP contribution in [0.25, 0.3) is 11.1 Å². The Morgan fingerprint density at radius 2 is 1.45 bits per heavy atom. The van der Waals surface area contributed by atoms with E-state index in [2.05, 4.69) is 6.92 Å². The fraction of sp³-hybridized carbons (Fsp3) is 0.586. The standard InChI is InChI=1S/C29H38F3Si/c1-2-3-16-33-17-14-22(15-18-33)5-4-21-6-8-23(9-7-21)24-10-12-26(28(31)19-24)25-11-13-27(30)29(32)20-25/h10-13,19-23H,2-9,14-18H2,1H3. The molecule has 0 spiro atoms. The van der Waals surface area contributed by atoms with Crippen LogP contribution < -0.4 is 0 Å². The first-order chi connectivity index (χ1) is 16.0. The number of halogens is 3. The van der Waals surface area contributed by atoms with Gasteiger partial charge in [0.2, 0.25) is 0 Å². The van der Waals surface area contributed by atoms with Gasteiger partial charge in [0, 0.05) is 14.4 Å². The van der Waals surface area contributed by atoms with E-state index in [1.165, 1.54) is 57.4 Å². The van der Waals surface area contributed by atoms with Crippen LogP contribution in [-0.2, 0) is 0 Å². The average Bonchev–Trinajstić information content (AvgIpc) is 2.84. The molecule has 0 N–H and O–H groups in total. The van der Waals surface area contributed by atoms with E-state index >= 15 is 0 Å². The molecule has 4 rings (SSSR count). The molecule has 2 aromatic carbocycles. The highest BCUT2D eigenvalue weighted by Gasteiger charge is 2.26. The van der Waals surface area contributed by atoms with Crippen LogP contribution in [-0.4, -0.2) is 8.80 Å². The minimum atomic E-state index is -0.944. The van der Waals surface area contributed by atoms with Crippen LogP contribution in [0.1, 0.15) is 82.6 Å². The summed E-state index contributed by atoms with van der Waals surface area (Å²) < 4.78 is 41.6. The first kappa shape index (κ1) is 24.6. The predicted molar refractivity (Wildman–Crippen MR) is 133 cm³/mol. The minimum absolute atomic E-state index is 0.0170. The summed E-state index contributed by atoms with van der Waals surface area (Å²) >= 11 is 0. The average molecular weight is 472 g/mol. The lowest BCUT2D eigenvalue weighted by Crippen LogP contribution is -2.22. The monoisotopic (exact) mass is 471 g/mol. The topological polar surface area (TPSA) is 0 Å². The molecule has 0 aromatic heterocycles. The molecule has 1 saturated carbocycles. The number of hydrogen-bond donors (Lipinski definition) is 0. The van der Waals surface area contributed by atoms with Crippen molar-refractivity contribution >= 4 is 8.80 Å². The highest BCUT2D eigenvalue weighted by molar-refractivity contribution is 6.58. The van der Waals surface area contributed by atoms with Crippen LogP contribution in [0, 0.1) is 29.3 Å². The van der Waals surface area contributed by atoms with E-state index in [0.29, 0.717) is 17.0 Å². The van der Waals surface area contributed by atoms with Gasteiger partial charge in [0.05, 0.1) is 0 Å². The van der Waals surface area contributed by atoms with Crippen LogP contribution in [0.15, 0.2) is 36.4 Å². The van der Waals surface area contributed by atoms with Crippen molar-refractivity contribution in [1.82, 2.24) is 0 Å². The van der Waals surface area contributed by atoms with Crippen molar-refractivity contribution in [2.45, 2.75) is 95.2 Å². The van der Waals surface area contributed by atoms with Gasteiger partial charge in [-0.05, 0) is 72.8 Å². The molecule has 33 heavy (non-hydrogen) atoms.